The molecule has 0 heterocycles. The van der Waals surface area contributed by atoms with Crippen LogP contribution in [0.2, 0.25) is 0 Å². The second-order valence-electron chi connectivity index (χ2n) is 1.23. The van der Waals surface area contributed by atoms with Crippen LogP contribution in [-0.2, 0) is 0 Å². The van der Waals surface area contributed by atoms with Gasteiger partial charge in [0.25, 0.3) is 0 Å². The van der Waals surface area contributed by atoms with E-state index >= 15 is 0 Å². The maximum absolute atomic E-state index is 10.1. The Morgan fingerprint density at radius 3 is 1.83 bits per heavy atom. The summed E-state index contributed by atoms with van der Waals surface area (Å²) in [7, 11) is 3.51. The van der Waals surface area contributed by atoms with Crippen molar-refractivity contribution in [3.05, 3.63) is 0 Å². The van der Waals surface area contributed by atoms with E-state index in [0.29, 0.717) is 22.5 Å². The van der Waals surface area contributed by atoms with Crippen LogP contribution < -0.4 is 0 Å². The normalized spacial score (nSPS) is 7.83. The minimum absolute atomic E-state index is 0.223. The molecule has 0 saturated heterocycles. The molecule has 6 heavy (non-hydrogen) atoms. The van der Waals surface area contributed by atoms with Gasteiger partial charge in [0.05, 0.1) is 0 Å². The van der Waals surface area contributed by atoms with Crippen molar-refractivity contribution < 1.29 is 4.79 Å². The van der Waals surface area contributed by atoms with Gasteiger partial charge < -0.3 is 0 Å². The first kappa shape index (κ1) is 6.27. The minimum atomic E-state index is 0.223. The number of rotatable bonds is 0. The zero-order valence-electron chi connectivity index (χ0n) is 3.93. The van der Waals surface area contributed by atoms with E-state index in [1.54, 1.807) is 19.0 Å². The van der Waals surface area contributed by atoms with Crippen LogP contribution in [0.25, 0.3) is 0 Å². The van der Waals surface area contributed by atoms with Gasteiger partial charge in [-0.05, 0) is 0 Å². The molecule has 0 fully saturated rings. The summed E-state index contributed by atoms with van der Waals surface area (Å²) in [6, 6.07) is 0. The van der Waals surface area contributed by atoms with Crippen molar-refractivity contribution in [1.29, 1.82) is 0 Å². The van der Waals surface area contributed by atoms with E-state index in [1.165, 1.54) is 0 Å². The van der Waals surface area contributed by atoms with Crippen molar-refractivity contribution >= 4 is 26.4 Å². The van der Waals surface area contributed by atoms with Crippen molar-refractivity contribution in [2.75, 3.05) is 14.1 Å². The van der Waals surface area contributed by atoms with Crippen LogP contribution in [0.4, 0.5) is 4.79 Å². The fourth-order valence-electron chi connectivity index (χ4n) is 0. The third-order valence-corrected chi connectivity index (χ3v) is 1.91. The molecule has 2 radical (unpaired) electrons. The average molecular weight is 192 g/mol. The van der Waals surface area contributed by atoms with Crippen molar-refractivity contribution in [1.82, 2.24) is 4.90 Å². The van der Waals surface area contributed by atoms with Crippen LogP contribution in [-0.4, -0.2) is 45.4 Å². The van der Waals surface area contributed by atoms with Crippen LogP contribution >= 0.6 is 0 Å². The summed E-state index contributed by atoms with van der Waals surface area (Å²) in [4.78, 5) is 11.7. The van der Waals surface area contributed by atoms with Crippen molar-refractivity contribution in [2.45, 2.75) is 0 Å². The molecule has 0 saturated carbocycles. The molecule has 0 rings (SSSR count). The fraction of sp³-hybridized carbons (Fsp3) is 0.667. The zero-order chi connectivity index (χ0) is 5.15. The number of carbonyl (C=O) groups excluding carboxylic acids is 1. The van der Waals surface area contributed by atoms with Gasteiger partial charge in [-0.2, -0.15) is 0 Å². The summed E-state index contributed by atoms with van der Waals surface area (Å²) in [6.45, 7) is 0. The van der Waals surface area contributed by atoms with E-state index in [0.717, 1.165) is 0 Å². The molecule has 2 nitrogen and oxygen atoms in total. The SMILES string of the molecule is CN(C)[C](=O)[SnH]. The van der Waals surface area contributed by atoms with Crippen molar-refractivity contribution in [2.24, 2.45) is 0 Å². The Morgan fingerprint density at radius 1 is 1.67 bits per heavy atom. The second kappa shape index (κ2) is 2.44. The van der Waals surface area contributed by atoms with Crippen LogP contribution in [0.15, 0.2) is 0 Å². The van der Waals surface area contributed by atoms with Crippen LogP contribution in [0.3, 0.4) is 0 Å². The topological polar surface area (TPSA) is 20.3 Å². The van der Waals surface area contributed by atoms with Crippen LogP contribution in [0.5, 0.6) is 0 Å². The Labute approximate surface area is 50.6 Å². The first-order valence-corrected chi connectivity index (χ1v) is 3.26. The average Bonchev–Trinajstić information content (AvgIpc) is 1.36. The molecule has 0 spiro atoms. The Kier molecular flexibility index (Phi) is 2.55. The van der Waals surface area contributed by atoms with E-state index in [1.807, 2.05) is 0 Å². The zero-order valence-corrected chi connectivity index (χ0v) is 7.23. The van der Waals surface area contributed by atoms with Gasteiger partial charge in [0.1, 0.15) is 0 Å². The first-order valence-electron chi connectivity index (χ1n) is 1.61. The Hall–Kier alpha value is 0.269. The summed E-state index contributed by atoms with van der Waals surface area (Å²) in [5.41, 5.74) is 0. The summed E-state index contributed by atoms with van der Waals surface area (Å²) in [5.74, 6) is 0. The molecular formula is C3H7NOSn. The van der Waals surface area contributed by atoms with Crippen molar-refractivity contribution in [3.8, 4) is 0 Å². The van der Waals surface area contributed by atoms with E-state index < -0.39 is 0 Å². The molecule has 0 bridgehead atoms. The summed E-state index contributed by atoms with van der Waals surface area (Å²) < 4.78 is 0.223. The summed E-state index contributed by atoms with van der Waals surface area (Å²) >= 11 is 0.697. The standard InChI is InChI=1S/C3H6NO.Sn.H/c1-4(2)3-5;;/h1-2H3;;. The van der Waals surface area contributed by atoms with E-state index in [9.17, 15) is 4.79 Å². The molecule has 0 aromatic heterocycles. The van der Waals surface area contributed by atoms with Gasteiger partial charge in [-0.3, -0.25) is 0 Å². The van der Waals surface area contributed by atoms with Gasteiger partial charge in [-0.25, -0.2) is 0 Å². The molecule has 0 N–H and O–H groups in total. The van der Waals surface area contributed by atoms with E-state index in [-0.39, 0.29) is 3.92 Å². The fourth-order valence-corrected chi connectivity index (χ4v) is 0. The van der Waals surface area contributed by atoms with Gasteiger partial charge in [0, 0.05) is 0 Å². The molecule has 0 aromatic rings. The molecule has 0 aliphatic rings. The first-order chi connectivity index (χ1) is 2.64. The third kappa shape index (κ3) is 2.50. The number of hydrogen-bond acceptors (Lipinski definition) is 1. The van der Waals surface area contributed by atoms with Crippen LogP contribution in [0.1, 0.15) is 0 Å². The van der Waals surface area contributed by atoms with E-state index in [4.69, 9.17) is 0 Å². The monoisotopic (exact) mass is 193 g/mol. The Bertz CT molecular complexity index is 61.8. The molecule has 0 atom stereocenters. The van der Waals surface area contributed by atoms with Gasteiger partial charge in [0.2, 0.25) is 0 Å². The third-order valence-electron chi connectivity index (χ3n) is 0.441. The predicted octanol–water partition coefficient (Wildman–Crippen LogP) is -0.431. The number of carbonyl (C=O) groups is 1. The molecule has 0 aromatic carbocycles. The molecule has 34 valence electrons. The quantitative estimate of drug-likeness (QED) is 0.476. The van der Waals surface area contributed by atoms with Crippen molar-refractivity contribution in [3.63, 3.8) is 0 Å². The Morgan fingerprint density at radius 2 is 1.83 bits per heavy atom. The molecule has 0 aliphatic heterocycles. The van der Waals surface area contributed by atoms with E-state index in [2.05, 4.69) is 0 Å². The maximum atomic E-state index is 10.1. The number of hydrogen-bond donors (Lipinski definition) is 0. The van der Waals surface area contributed by atoms with Gasteiger partial charge in [-0.1, -0.05) is 0 Å². The number of amides is 1. The molecule has 3 heteroatoms. The van der Waals surface area contributed by atoms with Gasteiger partial charge >= 0.3 is 50.2 Å². The number of nitrogens with zero attached hydrogens (tertiary/aromatic N) is 1. The predicted molar refractivity (Wildman–Crippen MR) is 26.2 cm³/mol. The molecule has 0 aliphatic carbocycles. The summed E-state index contributed by atoms with van der Waals surface area (Å²) in [5, 5.41) is 0. The second-order valence-corrected chi connectivity index (χ2v) is 2.64. The van der Waals surface area contributed by atoms with Crippen LogP contribution in [0, 0.1) is 0 Å². The summed E-state index contributed by atoms with van der Waals surface area (Å²) in [6.07, 6.45) is 0. The molecule has 0 unspecified atom stereocenters. The Balaban J connectivity index is 3.26. The van der Waals surface area contributed by atoms with Gasteiger partial charge in [-0.15, -0.1) is 0 Å². The molecule has 1 amide bonds. The van der Waals surface area contributed by atoms with Gasteiger partial charge in [0.15, 0.2) is 0 Å². The molecular weight excluding hydrogens is 185 g/mol.